The van der Waals surface area contributed by atoms with Gasteiger partial charge in [0.05, 0.1) is 6.20 Å². The molecule has 0 aliphatic carbocycles. The highest BCUT2D eigenvalue weighted by atomic mass is 32.2. The Hall–Kier alpha value is -1.39. The van der Waals surface area contributed by atoms with Crippen LogP contribution in [-0.2, 0) is 6.42 Å². The van der Waals surface area contributed by atoms with Crippen LogP contribution in [0.1, 0.15) is 17.2 Å². The van der Waals surface area contributed by atoms with E-state index in [1.54, 1.807) is 24.0 Å². The van der Waals surface area contributed by atoms with Crippen molar-refractivity contribution in [2.45, 2.75) is 22.6 Å². The number of nitrogens with zero attached hydrogens (tertiary/aromatic N) is 1. The number of pyridine rings is 1. The number of nitrogens with two attached hydrogens (primary N) is 1. The summed E-state index contributed by atoms with van der Waals surface area (Å²) in [5, 5.41) is 0.194. The second-order valence-corrected chi connectivity index (χ2v) is 5.67. The molecule has 2 atom stereocenters. The first-order valence-electron chi connectivity index (χ1n) is 5.85. The van der Waals surface area contributed by atoms with E-state index in [1.165, 1.54) is 16.7 Å². The summed E-state index contributed by atoms with van der Waals surface area (Å²) >= 11 is 1.74. The molecule has 1 aromatic heterocycles. The van der Waals surface area contributed by atoms with Gasteiger partial charge in [-0.15, -0.1) is 11.8 Å². The van der Waals surface area contributed by atoms with Gasteiger partial charge < -0.3 is 5.73 Å². The lowest BCUT2D eigenvalue weighted by molar-refractivity contribution is 0.567. The third-order valence-electron chi connectivity index (χ3n) is 3.24. The van der Waals surface area contributed by atoms with Crippen LogP contribution < -0.4 is 5.73 Å². The number of fused-ring (bicyclic) bond motifs is 1. The summed E-state index contributed by atoms with van der Waals surface area (Å²) < 4.78 is 13.7. The molecule has 2 heterocycles. The van der Waals surface area contributed by atoms with Gasteiger partial charge in [0.2, 0.25) is 0 Å². The van der Waals surface area contributed by atoms with Crippen molar-refractivity contribution in [2.75, 3.05) is 0 Å². The lowest BCUT2D eigenvalue weighted by atomic mass is 10.00. The van der Waals surface area contributed by atoms with Gasteiger partial charge in [0.15, 0.2) is 0 Å². The minimum atomic E-state index is -0.318. The molecule has 1 aliphatic heterocycles. The zero-order valence-corrected chi connectivity index (χ0v) is 10.5. The quantitative estimate of drug-likeness (QED) is 0.902. The Morgan fingerprint density at radius 3 is 2.94 bits per heavy atom. The molecule has 2 nitrogen and oxygen atoms in total. The molecule has 0 bridgehead atoms. The van der Waals surface area contributed by atoms with E-state index in [-0.39, 0.29) is 17.1 Å². The number of benzene rings is 1. The van der Waals surface area contributed by atoms with Gasteiger partial charge >= 0.3 is 0 Å². The zero-order valence-electron chi connectivity index (χ0n) is 9.71. The predicted octanol–water partition coefficient (Wildman–Crippen LogP) is 2.94. The van der Waals surface area contributed by atoms with Gasteiger partial charge in [-0.05, 0) is 24.1 Å². The summed E-state index contributed by atoms with van der Waals surface area (Å²) in [6.07, 6.45) is 3.71. The maximum atomic E-state index is 13.7. The third-order valence-corrected chi connectivity index (χ3v) is 4.65. The van der Waals surface area contributed by atoms with Crippen molar-refractivity contribution in [1.82, 2.24) is 4.98 Å². The normalized spacial score (nSPS) is 19.6. The van der Waals surface area contributed by atoms with Crippen molar-refractivity contribution < 1.29 is 4.39 Å². The monoisotopic (exact) mass is 260 g/mol. The number of hydrogen-bond acceptors (Lipinski definition) is 3. The molecule has 0 fully saturated rings. The summed E-state index contributed by atoms with van der Waals surface area (Å²) in [4.78, 5) is 5.01. The largest absolute Gasteiger partial charge is 0.323 e. The van der Waals surface area contributed by atoms with E-state index in [2.05, 4.69) is 17.1 Å². The Morgan fingerprint density at radius 1 is 1.33 bits per heavy atom. The maximum Gasteiger partial charge on any atom is 0.146 e. The van der Waals surface area contributed by atoms with Crippen molar-refractivity contribution in [3.05, 3.63) is 59.7 Å². The standard InChI is InChI=1S/C14H13FN2S/c15-11-8-17-6-5-10(11)14(16)13-7-9-3-1-2-4-12(9)18-13/h1-6,8,13-14H,7,16H2. The number of hydrogen-bond donors (Lipinski definition) is 1. The van der Waals surface area contributed by atoms with E-state index in [4.69, 9.17) is 5.73 Å². The minimum absolute atomic E-state index is 0.194. The average molecular weight is 260 g/mol. The Balaban J connectivity index is 1.85. The fourth-order valence-corrected chi connectivity index (χ4v) is 3.61. The molecule has 1 aliphatic rings. The molecule has 0 saturated heterocycles. The van der Waals surface area contributed by atoms with Crippen molar-refractivity contribution >= 4 is 11.8 Å². The fourth-order valence-electron chi connectivity index (χ4n) is 2.27. The summed E-state index contributed by atoms with van der Waals surface area (Å²) in [5.41, 5.74) is 8.05. The first kappa shape index (κ1) is 11.7. The van der Waals surface area contributed by atoms with Crippen LogP contribution in [0, 0.1) is 5.82 Å². The number of aromatic nitrogens is 1. The topological polar surface area (TPSA) is 38.9 Å². The second-order valence-electron chi connectivity index (χ2n) is 4.39. The van der Waals surface area contributed by atoms with Gasteiger partial charge in [-0.1, -0.05) is 18.2 Å². The molecule has 0 saturated carbocycles. The highest BCUT2D eigenvalue weighted by molar-refractivity contribution is 8.00. The van der Waals surface area contributed by atoms with Gasteiger partial charge in [-0.25, -0.2) is 4.39 Å². The number of rotatable bonds is 2. The van der Waals surface area contributed by atoms with Crippen LogP contribution in [0.15, 0.2) is 47.6 Å². The van der Waals surface area contributed by atoms with E-state index >= 15 is 0 Å². The van der Waals surface area contributed by atoms with E-state index in [0.29, 0.717) is 5.56 Å². The molecule has 18 heavy (non-hydrogen) atoms. The van der Waals surface area contributed by atoms with Crippen LogP contribution in [0.25, 0.3) is 0 Å². The summed E-state index contributed by atoms with van der Waals surface area (Å²) in [6.45, 7) is 0. The smallest absolute Gasteiger partial charge is 0.146 e. The molecule has 2 unspecified atom stereocenters. The Labute approximate surface area is 109 Å². The second kappa shape index (κ2) is 4.71. The molecule has 92 valence electrons. The summed E-state index contributed by atoms with van der Waals surface area (Å²) in [5.74, 6) is -0.318. The van der Waals surface area contributed by atoms with Crippen LogP contribution in [-0.4, -0.2) is 10.2 Å². The van der Waals surface area contributed by atoms with Crippen molar-refractivity contribution in [1.29, 1.82) is 0 Å². The summed E-state index contributed by atoms with van der Waals surface area (Å²) in [6, 6.07) is 9.62. The molecule has 2 aromatic rings. The molecular weight excluding hydrogens is 247 g/mol. The van der Waals surface area contributed by atoms with Crippen LogP contribution in [0.2, 0.25) is 0 Å². The fraction of sp³-hybridized carbons (Fsp3) is 0.214. The Kier molecular flexibility index (Phi) is 3.06. The Morgan fingerprint density at radius 2 is 2.17 bits per heavy atom. The Bertz CT molecular complexity index is 548. The van der Waals surface area contributed by atoms with Crippen molar-refractivity contribution in [3.8, 4) is 0 Å². The van der Waals surface area contributed by atoms with E-state index in [9.17, 15) is 4.39 Å². The zero-order chi connectivity index (χ0) is 12.5. The maximum absolute atomic E-state index is 13.7. The third kappa shape index (κ3) is 2.02. The first-order valence-corrected chi connectivity index (χ1v) is 6.73. The highest BCUT2D eigenvalue weighted by Gasteiger charge is 2.29. The average Bonchev–Trinajstić information content (AvgIpc) is 2.82. The number of halogens is 1. The van der Waals surface area contributed by atoms with Gasteiger partial charge in [0, 0.05) is 27.9 Å². The number of thioether (sulfide) groups is 1. The molecule has 4 heteroatoms. The van der Waals surface area contributed by atoms with Crippen molar-refractivity contribution in [3.63, 3.8) is 0 Å². The van der Waals surface area contributed by atoms with Gasteiger partial charge in [-0.2, -0.15) is 0 Å². The minimum Gasteiger partial charge on any atom is -0.323 e. The van der Waals surface area contributed by atoms with Crippen molar-refractivity contribution in [2.24, 2.45) is 5.73 Å². The molecule has 2 N–H and O–H groups in total. The molecule has 0 radical (unpaired) electrons. The molecular formula is C14H13FN2S. The lowest BCUT2D eigenvalue weighted by Crippen LogP contribution is -2.24. The molecule has 0 amide bonds. The highest BCUT2D eigenvalue weighted by Crippen LogP contribution is 2.41. The van der Waals surface area contributed by atoms with Gasteiger partial charge in [0.1, 0.15) is 5.82 Å². The van der Waals surface area contributed by atoms with Crippen LogP contribution in [0.3, 0.4) is 0 Å². The summed E-state index contributed by atoms with van der Waals surface area (Å²) in [7, 11) is 0. The molecule has 3 rings (SSSR count). The first-order chi connectivity index (χ1) is 8.75. The van der Waals surface area contributed by atoms with Gasteiger partial charge in [0.25, 0.3) is 0 Å². The van der Waals surface area contributed by atoms with Gasteiger partial charge in [-0.3, -0.25) is 4.98 Å². The SMILES string of the molecule is NC(c1ccncc1F)C1Cc2ccccc2S1. The van der Waals surface area contributed by atoms with E-state index in [1.807, 2.05) is 12.1 Å². The van der Waals surface area contributed by atoms with Crippen LogP contribution >= 0.6 is 11.8 Å². The predicted molar refractivity (Wildman–Crippen MR) is 70.9 cm³/mol. The lowest BCUT2D eigenvalue weighted by Gasteiger charge is -2.18. The molecule has 1 aromatic carbocycles. The molecule has 0 spiro atoms. The van der Waals surface area contributed by atoms with Crippen LogP contribution in [0.4, 0.5) is 4.39 Å². The van der Waals surface area contributed by atoms with E-state index in [0.717, 1.165) is 6.42 Å². The van der Waals surface area contributed by atoms with E-state index < -0.39 is 0 Å². The van der Waals surface area contributed by atoms with Crippen LogP contribution in [0.5, 0.6) is 0 Å².